The van der Waals surface area contributed by atoms with Gasteiger partial charge in [-0.3, -0.25) is 0 Å². The second kappa shape index (κ2) is 7.75. The molecule has 0 heterocycles. The highest BCUT2D eigenvalue weighted by Gasteiger charge is 2.10. The van der Waals surface area contributed by atoms with Crippen LogP contribution in [0.3, 0.4) is 0 Å². The molecule has 0 saturated heterocycles. The highest BCUT2D eigenvalue weighted by atomic mass is 35.5. The Hall–Kier alpha value is -1.75. The van der Waals surface area contributed by atoms with Crippen molar-refractivity contribution in [2.45, 2.75) is 27.2 Å². The summed E-state index contributed by atoms with van der Waals surface area (Å²) in [6.07, 6.45) is 0.769. The molecule has 3 N–H and O–H groups in total. The first-order valence-corrected chi connectivity index (χ1v) is 7.08. The van der Waals surface area contributed by atoms with Crippen LogP contribution in [0.2, 0.25) is 5.02 Å². The van der Waals surface area contributed by atoms with Crippen LogP contribution in [0.4, 0.5) is 10.5 Å². The number of carbonyl (C=O) groups excluding carboxylic acids is 1. The average molecular weight is 297 g/mol. The lowest BCUT2D eigenvalue weighted by molar-refractivity contribution is 0.259. The van der Waals surface area contributed by atoms with Crippen LogP contribution in [0.1, 0.15) is 26.3 Å². The number of nitrogens with one attached hydrogen (secondary N) is 1. The molecule has 0 aliphatic carbocycles. The van der Waals surface area contributed by atoms with Crippen molar-refractivity contribution in [2.24, 2.45) is 10.7 Å². The van der Waals surface area contributed by atoms with Crippen LogP contribution >= 0.6 is 11.6 Å². The minimum absolute atomic E-state index is 0.206. The van der Waals surface area contributed by atoms with Gasteiger partial charge in [0.1, 0.15) is 0 Å². The van der Waals surface area contributed by atoms with E-state index < -0.39 is 6.03 Å². The monoisotopic (exact) mass is 296 g/mol. The van der Waals surface area contributed by atoms with E-state index in [2.05, 4.69) is 10.3 Å². The summed E-state index contributed by atoms with van der Waals surface area (Å²) in [4.78, 5) is 17.6. The van der Waals surface area contributed by atoms with Crippen LogP contribution in [0, 0.1) is 0 Å². The van der Waals surface area contributed by atoms with Crippen LogP contribution in [0.15, 0.2) is 23.2 Å². The first-order valence-electron chi connectivity index (χ1n) is 6.70. The molecular formula is C14H21ClN4O. The Kier molecular flexibility index (Phi) is 6.31. The summed E-state index contributed by atoms with van der Waals surface area (Å²) >= 11 is 6.10. The van der Waals surface area contributed by atoms with Crippen molar-refractivity contribution in [1.29, 1.82) is 0 Å². The zero-order chi connectivity index (χ0) is 15.1. The number of hydrogen-bond acceptors (Lipinski definition) is 1. The van der Waals surface area contributed by atoms with E-state index in [0.717, 1.165) is 12.0 Å². The molecule has 1 aromatic rings. The van der Waals surface area contributed by atoms with Crippen LogP contribution in [-0.4, -0.2) is 30.0 Å². The number of nitrogens with two attached hydrogens (primary N) is 1. The van der Waals surface area contributed by atoms with Gasteiger partial charge in [0.05, 0.1) is 10.7 Å². The van der Waals surface area contributed by atoms with Gasteiger partial charge in [-0.2, -0.15) is 4.99 Å². The molecule has 0 radical (unpaired) electrons. The molecule has 0 spiro atoms. The minimum atomic E-state index is -0.516. The molecule has 0 atom stereocenters. The van der Waals surface area contributed by atoms with E-state index >= 15 is 0 Å². The fourth-order valence-corrected chi connectivity index (χ4v) is 2.10. The lowest BCUT2D eigenvalue weighted by atomic mass is 10.1. The van der Waals surface area contributed by atoms with Gasteiger partial charge in [0.15, 0.2) is 0 Å². The minimum Gasteiger partial charge on any atom is -0.369 e. The summed E-state index contributed by atoms with van der Waals surface area (Å²) in [6.45, 7) is 7.30. The third kappa shape index (κ3) is 4.13. The lowest BCUT2D eigenvalue weighted by Crippen LogP contribution is -2.38. The van der Waals surface area contributed by atoms with Gasteiger partial charge >= 0.3 is 6.03 Å². The number of guanidine groups is 1. The van der Waals surface area contributed by atoms with Crippen molar-refractivity contribution in [2.75, 3.05) is 18.4 Å². The van der Waals surface area contributed by atoms with Gasteiger partial charge in [0, 0.05) is 13.1 Å². The molecular weight excluding hydrogens is 276 g/mol. The first kappa shape index (κ1) is 16.3. The molecule has 6 heteroatoms. The van der Waals surface area contributed by atoms with E-state index in [4.69, 9.17) is 17.3 Å². The highest BCUT2D eigenvalue weighted by molar-refractivity contribution is 6.34. The molecule has 5 nitrogen and oxygen atoms in total. The number of rotatable bonds is 4. The number of urea groups is 1. The molecule has 0 fully saturated rings. The number of aliphatic imine (C=N–C) groups is 1. The number of aryl methyl sites for hydroxylation is 1. The van der Waals surface area contributed by atoms with Gasteiger partial charge < -0.3 is 16.0 Å². The van der Waals surface area contributed by atoms with Gasteiger partial charge in [0.25, 0.3) is 0 Å². The Bertz CT molecular complexity index is 498. The van der Waals surface area contributed by atoms with Gasteiger partial charge in [-0.05, 0) is 31.9 Å². The summed E-state index contributed by atoms with van der Waals surface area (Å²) in [6, 6.07) is 4.98. The molecule has 1 aromatic carbocycles. The Morgan fingerprint density at radius 2 is 2.00 bits per heavy atom. The number of hydrogen-bond donors (Lipinski definition) is 2. The van der Waals surface area contributed by atoms with E-state index in [1.165, 1.54) is 0 Å². The summed E-state index contributed by atoms with van der Waals surface area (Å²) in [7, 11) is 0. The molecule has 2 amide bonds. The molecule has 0 bridgehead atoms. The van der Waals surface area contributed by atoms with Crippen LogP contribution in [0.5, 0.6) is 0 Å². The number of amides is 2. The molecule has 0 aromatic heterocycles. The van der Waals surface area contributed by atoms with Crippen LogP contribution in [-0.2, 0) is 6.42 Å². The van der Waals surface area contributed by atoms with E-state index in [0.29, 0.717) is 23.8 Å². The van der Waals surface area contributed by atoms with E-state index in [1.807, 2.05) is 32.9 Å². The van der Waals surface area contributed by atoms with Crippen molar-refractivity contribution in [3.05, 3.63) is 28.8 Å². The fourth-order valence-electron chi connectivity index (χ4n) is 1.86. The predicted octanol–water partition coefficient (Wildman–Crippen LogP) is 3.09. The fraction of sp³-hybridized carbons (Fsp3) is 0.429. The number of anilines is 1. The number of benzene rings is 1. The third-order valence-corrected chi connectivity index (χ3v) is 3.33. The quantitative estimate of drug-likeness (QED) is 0.662. The Balaban J connectivity index is 2.89. The molecule has 110 valence electrons. The lowest BCUT2D eigenvalue weighted by Gasteiger charge is -2.19. The maximum atomic E-state index is 11.9. The Morgan fingerprint density at radius 1 is 1.35 bits per heavy atom. The Morgan fingerprint density at radius 3 is 2.55 bits per heavy atom. The van der Waals surface area contributed by atoms with Gasteiger partial charge in [-0.1, -0.05) is 30.7 Å². The second-order valence-electron chi connectivity index (χ2n) is 4.20. The number of halogens is 1. The Labute approximate surface area is 124 Å². The topological polar surface area (TPSA) is 70.7 Å². The third-order valence-electron chi connectivity index (χ3n) is 3.02. The molecule has 20 heavy (non-hydrogen) atoms. The highest BCUT2D eigenvalue weighted by Crippen LogP contribution is 2.26. The average Bonchev–Trinajstić information content (AvgIpc) is 2.42. The first-order chi connectivity index (χ1) is 9.53. The number of para-hydroxylation sites is 1. The van der Waals surface area contributed by atoms with Gasteiger partial charge in [-0.25, -0.2) is 4.79 Å². The van der Waals surface area contributed by atoms with E-state index in [1.54, 1.807) is 11.0 Å². The molecule has 0 aliphatic rings. The number of carbonyl (C=O) groups is 1. The van der Waals surface area contributed by atoms with E-state index in [-0.39, 0.29) is 5.96 Å². The van der Waals surface area contributed by atoms with Crippen molar-refractivity contribution >= 4 is 29.3 Å². The van der Waals surface area contributed by atoms with E-state index in [9.17, 15) is 4.79 Å². The van der Waals surface area contributed by atoms with Crippen molar-refractivity contribution in [3.8, 4) is 0 Å². The summed E-state index contributed by atoms with van der Waals surface area (Å²) in [5.74, 6) is 0.206. The van der Waals surface area contributed by atoms with Crippen LogP contribution < -0.4 is 11.1 Å². The molecule has 0 aliphatic heterocycles. The zero-order valence-corrected chi connectivity index (χ0v) is 12.9. The maximum absolute atomic E-state index is 11.9. The van der Waals surface area contributed by atoms with Gasteiger partial charge in [0.2, 0.25) is 5.96 Å². The standard InChI is InChI=1S/C14H21ClN4O/c1-4-10-8-7-9-11(15)12(10)17-14(20)18-13(16)19(5-2)6-3/h7-9H,4-6H2,1-3H3,(H3,16,17,18,20). The van der Waals surface area contributed by atoms with Crippen LogP contribution in [0.25, 0.3) is 0 Å². The molecule has 0 unspecified atom stereocenters. The van der Waals surface area contributed by atoms with Gasteiger partial charge in [-0.15, -0.1) is 0 Å². The van der Waals surface area contributed by atoms with Crippen molar-refractivity contribution in [3.63, 3.8) is 0 Å². The summed E-state index contributed by atoms with van der Waals surface area (Å²) in [5.41, 5.74) is 7.34. The number of nitrogens with zero attached hydrogens (tertiary/aromatic N) is 2. The normalized spacial score (nSPS) is 11.3. The maximum Gasteiger partial charge on any atom is 0.348 e. The molecule has 1 rings (SSSR count). The summed E-state index contributed by atoms with van der Waals surface area (Å²) < 4.78 is 0. The van der Waals surface area contributed by atoms with Crippen molar-refractivity contribution < 1.29 is 4.79 Å². The second-order valence-corrected chi connectivity index (χ2v) is 4.61. The smallest absolute Gasteiger partial charge is 0.348 e. The largest absolute Gasteiger partial charge is 0.369 e. The molecule has 0 saturated carbocycles. The van der Waals surface area contributed by atoms with Crippen molar-refractivity contribution in [1.82, 2.24) is 4.90 Å². The predicted molar refractivity (Wildman–Crippen MR) is 84.4 cm³/mol. The SMILES string of the molecule is CCc1cccc(Cl)c1NC(=O)N=C(N)N(CC)CC. The zero-order valence-electron chi connectivity index (χ0n) is 12.1. The summed E-state index contributed by atoms with van der Waals surface area (Å²) in [5, 5.41) is 3.19.